The van der Waals surface area contributed by atoms with Gasteiger partial charge in [0.05, 0.1) is 22.8 Å². The summed E-state index contributed by atoms with van der Waals surface area (Å²) < 4.78 is 2.04. The Hall–Kier alpha value is -2.66. The summed E-state index contributed by atoms with van der Waals surface area (Å²) in [7, 11) is 0. The van der Waals surface area contributed by atoms with Crippen molar-refractivity contribution in [3.63, 3.8) is 0 Å². The fourth-order valence-corrected chi connectivity index (χ4v) is 3.34. The van der Waals surface area contributed by atoms with Crippen LogP contribution in [-0.4, -0.2) is 32.8 Å². The number of hydrogen-bond acceptors (Lipinski definition) is 6. The van der Waals surface area contributed by atoms with Crippen molar-refractivity contribution in [3.8, 4) is 17.2 Å². The first-order valence-corrected chi connectivity index (χ1v) is 9.15. The van der Waals surface area contributed by atoms with Crippen LogP contribution in [0.2, 0.25) is 5.02 Å². The molecule has 7 nitrogen and oxygen atoms in total. The fraction of sp³-hybridized carbons (Fsp3) is 0.263. The Morgan fingerprint density at radius 2 is 1.89 bits per heavy atom. The van der Waals surface area contributed by atoms with Gasteiger partial charge in [-0.2, -0.15) is 10.4 Å². The molecule has 3 aromatic rings. The van der Waals surface area contributed by atoms with Crippen LogP contribution in [0.15, 0.2) is 43.0 Å². The Morgan fingerprint density at radius 3 is 2.57 bits per heavy atom. The van der Waals surface area contributed by atoms with E-state index in [1.165, 1.54) is 0 Å². The van der Waals surface area contributed by atoms with Crippen LogP contribution in [0.25, 0.3) is 11.1 Å². The minimum atomic E-state index is 0. The lowest BCUT2D eigenvalue weighted by atomic mass is 10.1. The molecule has 0 saturated carbocycles. The zero-order valence-electron chi connectivity index (χ0n) is 15.0. The molecule has 3 heterocycles. The molecule has 2 N–H and O–H groups in total. The summed E-state index contributed by atoms with van der Waals surface area (Å²) in [6.45, 7) is 2.06. The average molecular weight is 416 g/mol. The normalized spacial score (nSPS) is 14.1. The molecule has 4 rings (SSSR count). The number of nitrogens with zero attached hydrogens (tertiary/aromatic N) is 5. The third kappa shape index (κ3) is 4.42. The second-order valence-corrected chi connectivity index (χ2v) is 6.82. The summed E-state index contributed by atoms with van der Waals surface area (Å²) >= 11 is 6.05. The standard InChI is InChI=1S/C19H18ClN7.ClH/c20-18-7-16(2-1-13(18)8-21)26-19-23-9-14(10-24-19)15-11-25-27(12-15)17-3-5-22-6-4-17;/h1-2,7,9-12,17,22H,3-6H2,(H,23,24,26);1H. The van der Waals surface area contributed by atoms with E-state index in [0.29, 0.717) is 22.6 Å². The summed E-state index contributed by atoms with van der Waals surface area (Å²) in [5.41, 5.74) is 3.08. The van der Waals surface area contributed by atoms with Crippen molar-refractivity contribution in [2.24, 2.45) is 0 Å². The zero-order chi connectivity index (χ0) is 18.6. The van der Waals surface area contributed by atoms with E-state index < -0.39 is 0 Å². The van der Waals surface area contributed by atoms with E-state index >= 15 is 0 Å². The van der Waals surface area contributed by atoms with Gasteiger partial charge in [0.2, 0.25) is 5.95 Å². The average Bonchev–Trinajstić information content (AvgIpc) is 3.20. The summed E-state index contributed by atoms with van der Waals surface area (Å²) in [6, 6.07) is 7.59. The molecule has 1 aromatic carbocycles. The van der Waals surface area contributed by atoms with Crippen LogP contribution in [0.3, 0.4) is 0 Å². The molecule has 1 saturated heterocycles. The first kappa shape index (κ1) is 20.1. The highest BCUT2D eigenvalue weighted by Crippen LogP contribution is 2.24. The molecule has 0 radical (unpaired) electrons. The molecule has 0 aliphatic carbocycles. The van der Waals surface area contributed by atoms with Crippen molar-refractivity contribution in [1.29, 1.82) is 5.26 Å². The van der Waals surface area contributed by atoms with Gasteiger partial charge in [0.15, 0.2) is 0 Å². The van der Waals surface area contributed by atoms with Crippen molar-refractivity contribution in [1.82, 2.24) is 25.1 Å². The van der Waals surface area contributed by atoms with Gasteiger partial charge in [0, 0.05) is 35.4 Å². The fourth-order valence-electron chi connectivity index (χ4n) is 3.11. The van der Waals surface area contributed by atoms with Crippen LogP contribution in [0.1, 0.15) is 24.4 Å². The van der Waals surface area contributed by atoms with E-state index in [1.807, 2.05) is 16.9 Å². The Kier molecular flexibility index (Phi) is 6.47. The maximum absolute atomic E-state index is 8.93. The van der Waals surface area contributed by atoms with Crippen molar-refractivity contribution in [2.45, 2.75) is 18.9 Å². The molecule has 0 spiro atoms. The highest BCUT2D eigenvalue weighted by atomic mass is 35.5. The van der Waals surface area contributed by atoms with Gasteiger partial charge in [-0.25, -0.2) is 9.97 Å². The molecule has 0 bridgehead atoms. The number of anilines is 2. The molecular weight excluding hydrogens is 397 g/mol. The van der Waals surface area contributed by atoms with Crippen molar-refractivity contribution < 1.29 is 0 Å². The number of benzene rings is 1. The minimum absolute atomic E-state index is 0. The molecule has 1 aliphatic heterocycles. The Morgan fingerprint density at radius 1 is 1.14 bits per heavy atom. The Balaban J connectivity index is 0.00000225. The number of hydrogen-bond donors (Lipinski definition) is 2. The molecule has 1 fully saturated rings. The molecular formula is C19H19Cl2N7. The van der Waals surface area contributed by atoms with E-state index in [9.17, 15) is 0 Å². The van der Waals surface area contributed by atoms with Crippen molar-refractivity contribution in [2.75, 3.05) is 18.4 Å². The van der Waals surface area contributed by atoms with E-state index in [0.717, 1.165) is 42.7 Å². The highest BCUT2D eigenvalue weighted by Gasteiger charge is 2.16. The third-order valence-corrected chi connectivity index (χ3v) is 4.93. The second kappa shape index (κ2) is 9.02. The van der Waals surface area contributed by atoms with Crippen LogP contribution in [-0.2, 0) is 0 Å². The molecule has 0 atom stereocenters. The lowest BCUT2D eigenvalue weighted by molar-refractivity contribution is 0.343. The molecule has 0 unspecified atom stereocenters. The molecule has 1 aliphatic rings. The van der Waals surface area contributed by atoms with Gasteiger partial charge in [-0.1, -0.05) is 11.6 Å². The summed E-state index contributed by atoms with van der Waals surface area (Å²) in [6.07, 6.45) is 9.63. The van der Waals surface area contributed by atoms with E-state index in [-0.39, 0.29) is 12.4 Å². The Labute approximate surface area is 174 Å². The largest absolute Gasteiger partial charge is 0.324 e. The molecule has 28 heavy (non-hydrogen) atoms. The van der Waals surface area contributed by atoms with Crippen LogP contribution >= 0.6 is 24.0 Å². The van der Waals surface area contributed by atoms with Gasteiger partial charge in [-0.3, -0.25) is 4.68 Å². The van der Waals surface area contributed by atoms with Gasteiger partial charge in [0.25, 0.3) is 0 Å². The number of nitriles is 1. The highest BCUT2D eigenvalue weighted by molar-refractivity contribution is 6.32. The predicted molar refractivity (Wildman–Crippen MR) is 111 cm³/mol. The first-order chi connectivity index (χ1) is 13.2. The quantitative estimate of drug-likeness (QED) is 0.669. The number of rotatable bonds is 4. The second-order valence-electron chi connectivity index (χ2n) is 6.42. The number of aromatic nitrogens is 4. The van der Waals surface area contributed by atoms with E-state index in [1.54, 1.807) is 30.6 Å². The molecule has 9 heteroatoms. The Bertz CT molecular complexity index is 973. The van der Waals surface area contributed by atoms with Gasteiger partial charge in [-0.05, 0) is 44.1 Å². The molecule has 2 aromatic heterocycles. The van der Waals surface area contributed by atoms with Gasteiger partial charge in [0.1, 0.15) is 6.07 Å². The minimum Gasteiger partial charge on any atom is -0.324 e. The van der Waals surface area contributed by atoms with Gasteiger partial charge < -0.3 is 10.6 Å². The number of piperidine rings is 1. The maximum Gasteiger partial charge on any atom is 0.227 e. The van der Waals surface area contributed by atoms with Crippen molar-refractivity contribution >= 4 is 35.6 Å². The molecule has 0 amide bonds. The number of halogens is 2. The predicted octanol–water partition coefficient (Wildman–Crippen LogP) is 3.96. The van der Waals surface area contributed by atoms with E-state index in [4.69, 9.17) is 16.9 Å². The van der Waals surface area contributed by atoms with Crippen LogP contribution in [0.4, 0.5) is 11.6 Å². The van der Waals surface area contributed by atoms with Gasteiger partial charge in [-0.15, -0.1) is 12.4 Å². The zero-order valence-corrected chi connectivity index (χ0v) is 16.5. The van der Waals surface area contributed by atoms with Crippen LogP contribution in [0.5, 0.6) is 0 Å². The summed E-state index contributed by atoms with van der Waals surface area (Å²) in [4.78, 5) is 8.73. The van der Waals surface area contributed by atoms with Crippen LogP contribution < -0.4 is 10.6 Å². The monoisotopic (exact) mass is 415 g/mol. The third-order valence-electron chi connectivity index (χ3n) is 4.62. The number of nitrogens with one attached hydrogen (secondary N) is 2. The molecule has 144 valence electrons. The van der Waals surface area contributed by atoms with Crippen molar-refractivity contribution in [3.05, 3.63) is 53.6 Å². The van der Waals surface area contributed by atoms with E-state index in [2.05, 4.69) is 31.9 Å². The SMILES string of the molecule is Cl.N#Cc1ccc(Nc2ncc(-c3cnn(C4CCNCC4)c3)cn2)cc1Cl. The smallest absolute Gasteiger partial charge is 0.227 e. The van der Waals surface area contributed by atoms with Gasteiger partial charge >= 0.3 is 0 Å². The summed E-state index contributed by atoms with van der Waals surface area (Å²) in [5, 5.41) is 20.3. The summed E-state index contributed by atoms with van der Waals surface area (Å²) in [5.74, 6) is 0.463. The lowest BCUT2D eigenvalue weighted by Gasteiger charge is -2.22. The maximum atomic E-state index is 8.93. The lowest BCUT2D eigenvalue weighted by Crippen LogP contribution is -2.29. The first-order valence-electron chi connectivity index (χ1n) is 8.77. The topological polar surface area (TPSA) is 91.5 Å². The van der Waals surface area contributed by atoms with Crippen LogP contribution in [0, 0.1) is 11.3 Å².